The van der Waals surface area contributed by atoms with E-state index in [4.69, 9.17) is 18.8 Å². The van der Waals surface area contributed by atoms with E-state index in [0.29, 0.717) is 23.1 Å². The van der Waals surface area contributed by atoms with Gasteiger partial charge in [-0.15, -0.1) is 0 Å². The molecule has 0 N–H and O–H groups in total. The molecule has 0 aliphatic carbocycles. The normalized spacial score (nSPS) is 12.1. The van der Waals surface area contributed by atoms with Gasteiger partial charge in [0.05, 0.1) is 27.8 Å². The summed E-state index contributed by atoms with van der Waals surface area (Å²) in [5, 5.41) is 4.42. The molecule has 44 heavy (non-hydrogen) atoms. The van der Waals surface area contributed by atoms with Crippen LogP contribution in [0, 0.1) is 0 Å². The van der Waals surface area contributed by atoms with Crippen molar-refractivity contribution in [3.05, 3.63) is 122 Å². The number of oxazole rings is 2. The Morgan fingerprint density at radius 1 is 0.500 bits per heavy atom. The third-order valence-electron chi connectivity index (χ3n) is 8.39. The number of nitrogens with zero attached hydrogens (tertiary/aromatic N) is 6. The molecule has 6 aromatic heterocycles. The summed E-state index contributed by atoms with van der Waals surface area (Å²) in [6.45, 7) is 0. The Hall–Kier alpha value is -6.28. The van der Waals surface area contributed by atoms with Crippen LogP contribution in [0.4, 0.5) is 0 Å². The van der Waals surface area contributed by atoms with Crippen LogP contribution in [0.5, 0.6) is 0 Å². The maximum absolute atomic E-state index is 6.37. The predicted molar refractivity (Wildman–Crippen MR) is 171 cm³/mol. The fraction of sp³-hybridized carbons (Fsp3) is 0. The molecule has 0 fully saturated rings. The Morgan fingerprint density at radius 2 is 1.11 bits per heavy atom. The van der Waals surface area contributed by atoms with Crippen LogP contribution in [-0.2, 0) is 0 Å². The lowest BCUT2D eigenvalue weighted by Crippen LogP contribution is -1.93. The van der Waals surface area contributed by atoms with Crippen molar-refractivity contribution in [1.82, 2.24) is 29.1 Å². The smallest absolute Gasteiger partial charge is 0.307 e. The molecule has 10 aromatic rings. The molecule has 0 bridgehead atoms. The number of benzene rings is 4. The van der Waals surface area contributed by atoms with Crippen LogP contribution in [0.15, 0.2) is 131 Å². The van der Waals surface area contributed by atoms with E-state index >= 15 is 0 Å². The molecule has 8 nitrogen and oxygen atoms in total. The van der Waals surface area contributed by atoms with Gasteiger partial charge >= 0.3 is 6.01 Å². The fourth-order valence-electron chi connectivity index (χ4n) is 6.43. The molecule has 0 radical (unpaired) electrons. The number of para-hydroxylation sites is 2. The lowest BCUT2D eigenvalue weighted by Gasteiger charge is -2.07. The maximum atomic E-state index is 6.37. The lowest BCUT2D eigenvalue weighted by molar-refractivity contribution is 0.574. The summed E-state index contributed by atoms with van der Waals surface area (Å²) in [5.74, 6) is 0.520. The molecule has 0 aliphatic heterocycles. The molecule has 6 heterocycles. The molecule has 0 atom stereocenters. The number of aromatic nitrogens is 6. The third-order valence-corrected chi connectivity index (χ3v) is 8.39. The lowest BCUT2D eigenvalue weighted by atomic mass is 10.2. The zero-order valence-electron chi connectivity index (χ0n) is 23.0. The van der Waals surface area contributed by atoms with Crippen molar-refractivity contribution in [2.45, 2.75) is 0 Å². The third kappa shape index (κ3) is 3.22. The largest absolute Gasteiger partial charge is 0.436 e. The number of fused-ring (bicyclic) bond motifs is 8. The van der Waals surface area contributed by atoms with E-state index in [9.17, 15) is 0 Å². The van der Waals surface area contributed by atoms with E-state index in [1.165, 1.54) is 0 Å². The highest BCUT2D eigenvalue weighted by atomic mass is 16.4. The van der Waals surface area contributed by atoms with Crippen molar-refractivity contribution < 1.29 is 8.83 Å². The molecule has 0 unspecified atom stereocenters. The molecular weight excluding hydrogens is 548 g/mol. The summed E-state index contributed by atoms with van der Waals surface area (Å²) in [7, 11) is 0. The molecule has 206 valence electrons. The summed E-state index contributed by atoms with van der Waals surface area (Å²) in [6, 6.07) is 33.1. The van der Waals surface area contributed by atoms with Gasteiger partial charge in [0.1, 0.15) is 11.0 Å². The zero-order valence-corrected chi connectivity index (χ0v) is 23.0. The SMILES string of the molecule is c1ccc2c(c1)c1cnccc1n2-c1ccc2nc(-c3ccc4nc(-n5c6ccccc6c6cnccc65)oc4c3)oc2c1. The maximum Gasteiger partial charge on any atom is 0.307 e. The molecule has 10 rings (SSSR count). The fourth-order valence-corrected chi connectivity index (χ4v) is 6.43. The average molecular weight is 569 g/mol. The standard InChI is InChI=1S/C36H20N6O2/c1-3-7-29-23(5-1)25-19-37-15-13-31(25)41(29)22-10-12-27-34(18-22)43-35(39-27)21-9-11-28-33(17-21)44-36(40-28)42-30-8-4-2-6-24(30)26-20-38-16-14-32(26)42/h1-20H. The highest BCUT2D eigenvalue weighted by molar-refractivity contribution is 6.09. The Morgan fingerprint density at radius 3 is 1.89 bits per heavy atom. The Bertz CT molecular complexity index is 2530. The monoisotopic (exact) mass is 568 g/mol. The van der Waals surface area contributed by atoms with Crippen LogP contribution < -0.4 is 0 Å². The molecule has 0 spiro atoms. The number of pyridine rings is 2. The molecule has 8 heteroatoms. The van der Waals surface area contributed by atoms with Crippen molar-refractivity contribution in [3.8, 4) is 23.2 Å². The topological polar surface area (TPSA) is 87.7 Å². The van der Waals surface area contributed by atoms with Gasteiger partial charge in [-0.3, -0.25) is 14.5 Å². The van der Waals surface area contributed by atoms with Gasteiger partial charge in [0.2, 0.25) is 5.89 Å². The van der Waals surface area contributed by atoms with E-state index in [1.807, 2.05) is 77.8 Å². The number of hydrogen-bond acceptors (Lipinski definition) is 6. The highest BCUT2D eigenvalue weighted by Gasteiger charge is 2.18. The van der Waals surface area contributed by atoms with Crippen LogP contribution in [-0.4, -0.2) is 29.1 Å². The van der Waals surface area contributed by atoms with Crippen molar-refractivity contribution >= 4 is 65.8 Å². The summed E-state index contributed by atoms with van der Waals surface area (Å²) < 4.78 is 17.0. The van der Waals surface area contributed by atoms with Gasteiger partial charge in [-0.25, -0.2) is 4.98 Å². The van der Waals surface area contributed by atoms with Gasteiger partial charge in [0.15, 0.2) is 11.2 Å². The average Bonchev–Trinajstić information content (AvgIpc) is 3.84. The number of rotatable bonds is 3. The predicted octanol–water partition coefficient (Wildman–Crippen LogP) is 8.62. The summed E-state index contributed by atoms with van der Waals surface area (Å²) in [5.41, 5.74) is 8.90. The first-order valence-corrected chi connectivity index (χ1v) is 14.3. The molecular formula is C36H20N6O2. The first-order chi connectivity index (χ1) is 21.8. The van der Waals surface area contributed by atoms with Gasteiger partial charge in [-0.1, -0.05) is 36.4 Å². The molecule has 0 aliphatic rings. The van der Waals surface area contributed by atoms with Crippen molar-refractivity contribution in [2.24, 2.45) is 0 Å². The van der Waals surface area contributed by atoms with Gasteiger partial charge in [0, 0.05) is 58.0 Å². The second-order valence-corrected chi connectivity index (χ2v) is 10.8. The minimum atomic E-state index is 0.498. The van der Waals surface area contributed by atoms with Gasteiger partial charge in [-0.2, -0.15) is 4.98 Å². The summed E-state index contributed by atoms with van der Waals surface area (Å²) in [4.78, 5) is 18.4. The van der Waals surface area contributed by atoms with Crippen molar-refractivity contribution in [1.29, 1.82) is 0 Å². The van der Waals surface area contributed by atoms with E-state index in [-0.39, 0.29) is 0 Å². The van der Waals surface area contributed by atoms with Crippen LogP contribution in [0.1, 0.15) is 0 Å². The molecule has 4 aromatic carbocycles. The van der Waals surface area contributed by atoms with Crippen LogP contribution in [0.3, 0.4) is 0 Å². The van der Waals surface area contributed by atoms with Crippen LogP contribution in [0.2, 0.25) is 0 Å². The number of hydrogen-bond donors (Lipinski definition) is 0. The van der Waals surface area contributed by atoms with Crippen molar-refractivity contribution in [3.63, 3.8) is 0 Å². The second-order valence-electron chi connectivity index (χ2n) is 10.8. The Kier molecular flexibility index (Phi) is 4.57. The second kappa shape index (κ2) is 8.62. The van der Waals surface area contributed by atoms with E-state index in [1.54, 1.807) is 6.20 Å². The van der Waals surface area contributed by atoms with Gasteiger partial charge in [-0.05, 0) is 54.6 Å². The highest BCUT2D eigenvalue weighted by Crippen LogP contribution is 2.35. The van der Waals surface area contributed by atoms with Crippen molar-refractivity contribution in [2.75, 3.05) is 0 Å². The van der Waals surface area contributed by atoms with E-state index in [0.717, 1.165) is 65.9 Å². The summed E-state index contributed by atoms with van der Waals surface area (Å²) in [6.07, 6.45) is 7.41. The first kappa shape index (κ1) is 23.3. The summed E-state index contributed by atoms with van der Waals surface area (Å²) >= 11 is 0. The molecule has 0 saturated heterocycles. The quantitative estimate of drug-likeness (QED) is 0.212. The minimum Gasteiger partial charge on any atom is -0.436 e. The molecule has 0 saturated carbocycles. The van der Waals surface area contributed by atoms with Crippen LogP contribution >= 0.6 is 0 Å². The Balaban J connectivity index is 1.09. The van der Waals surface area contributed by atoms with Gasteiger partial charge < -0.3 is 13.4 Å². The van der Waals surface area contributed by atoms with Crippen LogP contribution in [0.25, 0.3) is 89.0 Å². The Labute approximate surface area is 248 Å². The van der Waals surface area contributed by atoms with E-state index in [2.05, 4.69) is 57.0 Å². The molecule has 0 amide bonds. The van der Waals surface area contributed by atoms with Gasteiger partial charge in [0.25, 0.3) is 0 Å². The zero-order chi connectivity index (χ0) is 28.8. The first-order valence-electron chi connectivity index (χ1n) is 14.3. The van der Waals surface area contributed by atoms with E-state index < -0.39 is 0 Å². The minimum absolute atomic E-state index is 0.498.